The number of halogens is 2. The molecule has 0 aliphatic carbocycles. The van der Waals surface area contributed by atoms with Gasteiger partial charge in [0.05, 0.1) is 16.1 Å². The molecule has 0 fully saturated rings. The fourth-order valence-corrected chi connectivity index (χ4v) is 5.29. The smallest absolute Gasteiger partial charge is 0.338 e. The molecule has 4 rings (SSSR count). The van der Waals surface area contributed by atoms with Crippen LogP contribution in [0.15, 0.2) is 74.5 Å². The first-order valence-electron chi connectivity index (χ1n) is 10.2. The SMILES string of the molecule is O=C(COC(=O)c1ccc(NS(=O)(=O)c2ccc3c(c2)OCCO3)cc1)Nc1ccc(Br)cc1Br. The summed E-state index contributed by atoms with van der Waals surface area (Å²) >= 11 is 6.66. The second-order valence-corrected chi connectivity index (χ2v) is 10.7. The molecule has 1 amide bonds. The lowest BCUT2D eigenvalue weighted by molar-refractivity contribution is -0.119. The monoisotopic (exact) mass is 624 g/mol. The van der Waals surface area contributed by atoms with Gasteiger partial charge in [0.25, 0.3) is 15.9 Å². The number of benzene rings is 3. The summed E-state index contributed by atoms with van der Waals surface area (Å²) in [6, 6.07) is 15.2. The van der Waals surface area contributed by atoms with E-state index in [2.05, 4.69) is 41.9 Å². The number of anilines is 2. The lowest BCUT2D eigenvalue weighted by Gasteiger charge is -2.19. The van der Waals surface area contributed by atoms with E-state index in [4.69, 9.17) is 14.2 Å². The number of rotatable bonds is 7. The molecule has 182 valence electrons. The van der Waals surface area contributed by atoms with Crippen molar-refractivity contribution in [3.05, 3.63) is 75.2 Å². The standard InChI is InChI=1S/C23H18Br2N2O7S/c24-15-3-7-19(18(25)11-15)26-22(28)13-34-23(29)14-1-4-16(5-2-14)27-35(30,31)17-6-8-20-21(12-17)33-10-9-32-20/h1-8,11-12,27H,9-10,13H2,(H,26,28). The molecule has 0 bridgehead atoms. The van der Waals surface area contributed by atoms with Crippen LogP contribution in [-0.2, 0) is 19.6 Å². The largest absolute Gasteiger partial charge is 0.486 e. The van der Waals surface area contributed by atoms with Gasteiger partial charge < -0.3 is 19.5 Å². The van der Waals surface area contributed by atoms with Crippen LogP contribution in [0, 0.1) is 0 Å². The highest BCUT2D eigenvalue weighted by molar-refractivity contribution is 9.11. The lowest BCUT2D eigenvalue weighted by Crippen LogP contribution is -2.21. The molecule has 1 aliphatic rings. The Morgan fingerprint density at radius 1 is 0.914 bits per heavy atom. The van der Waals surface area contributed by atoms with Crippen molar-refractivity contribution in [3.63, 3.8) is 0 Å². The van der Waals surface area contributed by atoms with Crippen molar-refractivity contribution in [3.8, 4) is 11.5 Å². The van der Waals surface area contributed by atoms with Crippen LogP contribution in [0.3, 0.4) is 0 Å². The number of carbonyl (C=O) groups is 2. The molecule has 3 aromatic rings. The zero-order chi connectivity index (χ0) is 25.0. The van der Waals surface area contributed by atoms with E-state index < -0.39 is 28.5 Å². The minimum atomic E-state index is -3.90. The number of amides is 1. The average molecular weight is 626 g/mol. The van der Waals surface area contributed by atoms with Crippen molar-refractivity contribution in [2.24, 2.45) is 0 Å². The molecule has 35 heavy (non-hydrogen) atoms. The highest BCUT2D eigenvalue weighted by atomic mass is 79.9. The second-order valence-electron chi connectivity index (χ2n) is 7.24. The maximum atomic E-state index is 12.7. The summed E-state index contributed by atoms with van der Waals surface area (Å²) < 4.78 is 45.3. The van der Waals surface area contributed by atoms with Crippen LogP contribution < -0.4 is 19.5 Å². The summed E-state index contributed by atoms with van der Waals surface area (Å²) in [5, 5.41) is 2.64. The fourth-order valence-electron chi connectivity index (χ4n) is 3.07. The van der Waals surface area contributed by atoms with Crippen molar-refractivity contribution >= 4 is 65.1 Å². The topological polar surface area (TPSA) is 120 Å². The number of ether oxygens (including phenoxy) is 3. The Labute approximate surface area is 218 Å². The molecule has 12 heteroatoms. The zero-order valence-electron chi connectivity index (χ0n) is 17.9. The number of nitrogens with one attached hydrogen (secondary N) is 2. The minimum Gasteiger partial charge on any atom is -0.486 e. The van der Waals surface area contributed by atoms with Crippen LogP contribution >= 0.6 is 31.9 Å². The molecule has 9 nitrogen and oxygen atoms in total. The Balaban J connectivity index is 1.34. The normalized spacial score (nSPS) is 12.5. The fraction of sp³-hybridized carbons (Fsp3) is 0.130. The molecule has 0 radical (unpaired) electrons. The molecule has 0 saturated heterocycles. The maximum absolute atomic E-state index is 12.7. The second kappa shape index (κ2) is 10.7. The molecule has 0 atom stereocenters. The Kier molecular flexibility index (Phi) is 7.63. The van der Waals surface area contributed by atoms with Crippen molar-refractivity contribution in [2.75, 3.05) is 29.9 Å². The van der Waals surface area contributed by atoms with Gasteiger partial charge in [0.1, 0.15) is 13.2 Å². The van der Waals surface area contributed by atoms with Gasteiger partial charge in [-0.05, 0) is 70.5 Å². The van der Waals surface area contributed by atoms with Crippen molar-refractivity contribution in [1.82, 2.24) is 0 Å². The maximum Gasteiger partial charge on any atom is 0.338 e. The third-order valence-corrected chi connectivity index (χ3v) is 7.26. The number of sulfonamides is 1. The van der Waals surface area contributed by atoms with E-state index in [0.717, 1.165) is 4.47 Å². The van der Waals surface area contributed by atoms with Gasteiger partial charge in [0.2, 0.25) is 0 Å². The Hall–Kier alpha value is -3.09. The molecule has 3 aromatic carbocycles. The van der Waals surface area contributed by atoms with E-state index in [1.54, 1.807) is 18.2 Å². The number of hydrogen-bond donors (Lipinski definition) is 2. The van der Waals surface area contributed by atoms with Crippen molar-refractivity contribution < 1.29 is 32.2 Å². The van der Waals surface area contributed by atoms with Crippen LogP contribution in [0.25, 0.3) is 0 Å². The van der Waals surface area contributed by atoms with Crippen LogP contribution in [0.2, 0.25) is 0 Å². The van der Waals surface area contributed by atoms with Gasteiger partial charge in [0, 0.05) is 20.7 Å². The third kappa shape index (κ3) is 6.32. The highest BCUT2D eigenvalue weighted by Gasteiger charge is 2.20. The minimum absolute atomic E-state index is 0.00802. The van der Waals surface area contributed by atoms with Crippen LogP contribution in [0.5, 0.6) is 11.5 Å². The Morgan fingerprint density at radius 3 is 2.34 bits per heavy atom. The summed E-state index contributed by atoms with van der Waals surface area (Å²) in [6.07, 6.45) is 0. The highest BCUT2D eigenvalue weighted by Crippen LogP contribution is 2.32. The first-order chi connectivity index (χ1) is 16.7. The molecule has 0 saturated carbocycles. The molecule has 1 aliphatic heterocycles. The average Bonchev–Trinajstić information content (AvgIpc) is 2.84. The number of esters is 1. The first kappa shape index (κ1) is 25.0. The summed E-state index contributed by atoms with van der Waals surface area (Å²) in [5.41, 5.74) is 0.933. The molecule has 0 aromatic heterocycles. The van der Waals surface area contributed by atoms with E-state index >= 15 is 0 Å². The molecule has 2 N–H and O–H groups in total. The van der Waals surface area contributed by atoms with E-state index in [-0.39, 0.29) is 16.1 Å². The van der Waals surface area contributed by atoms with Crippen LogP contribution in [-0.4, -0.2) is 40.1 Å². The Bertz CT molecular complexity index is 1380. The van der Waals surface area contributed by atoms with Gasteiger partial charge in [-0.3, -0.25) is 9.52 Å². The van der Waals surface area contributed by atoms with Crippen LogP contribution in [0.1, 0.15) is 10.4 Å². The van der Waals surface area contributed by atoms with E-state index in [0.29, 0.717) is 34.9 Å². The van der Waals surface area contributed by atoms with Crippen molar-refractivity contribution in [2.45, 2.75) is 4.90 Å². The molecule has 1 heterocycles. The summed E-state index contributed by atoms with van der Waals surface area (Å²) in [4.78, 5) is 24.4. The van der Waals surface area contributed by atoms with Gasteiger partial charge in [-0.1, -0.05) is 15.9 Å². The summed E-state index contributed by atoms with van der Waals surface area (Å²) in [7, 11) is -3.90. The van der Waals surface area contributed by atoms with Crippen LogP contribution in [0.4, 0.5) is 11.4 Å². The van der Waals surface area contributed by atoms with E-state index in [1.165, 1.54) is 42.5 Å². The van der Waals surface area contributed by atoms with Gasteiger partial charge >= 0.3 is 5.97 Å². The van der Waals surface area contributed by atoms with Crippen molar-refractivity contribution in [1.29, 1.82) is 0 Å². The summed E-state index contributed by atoms with van der Waals surface area (Å²) in [6.45, 7) is 0.254. The van der Waals surface area contributed by atoms with Gasteiger partial charge in [-0.15, -0.1) is 0 Å². The van der Waals surface area contributed by atoms with Gasteiger partial charge in [-0.2, -0.15) is 0 Å². The summed E-state index contributed by atoms with van der Waals surface area (Å²) in [5.74, 6) is -0.397. The number of carbonyl (C=O) groups excluding carboxylic acids is 2. The number of fused-ring (bicyclic) bond motifs is 1. The molecule has 0 spiro atoms. The van der Waals surface area contributed by atoms with Gasteiger partial charge in [0.15, 0.2) is 18.1 Å². The van der Waals surface area contributed by atoms with Gasteiger partial charge in [-0.25, -0.2) is 13.2 Å². The number of hydrogen-bond acceptors (Lipinski definition) is 7. The zero-order valence-corrected chi connectivity index (χ0v) is 21.9. The molecule has 0 unspecified atom stereocenters. The predicted octanol–water partition coefficient (Wildman–Crippen LogP) is 4.58. The van der Waals surface area contributed by atoms with E-state index in [9.17, 15) is 18.0 Å². The Morgan fingerprint density at radius 2 is 1.63 bits per heavy atom. The molecular formula is C23H18Br2N2O7S. The quantitative estimate of drug-likeness (QED) is 0.369. The molecular weight excluding hydrogens is 608 g/mol. The lowest BCUT2D eigenvalue weighted by atomic mass is 10.2. The predicted molar refractivity (Wildman–Crippen MR) is 135 cm³/mol. The van der Waals surface area contributed by atoms with E-state index in [1.807, 2.05) is 0 Å². The first-order valence-corrected chi connectivity index (χ1v) is 13.2. The third-order valence-electron chi connectivity index (χ3n) is 4.74.